The maximum atomic E-state index is 12.4. The van der Waals surface area contributed by atoms with Crippen LogP contribution in [-0.2, 0) is 16.1 Å². The fourth-order valence-electron chi connectivity index (χ4n) is 2.86. The molecule has 94 valence electrons. The summed E-state index contributed by atoms with van der Waals surface area (Å²) in [6.07, 6.45) is 1.15. The van der Waals surface area contributed by atoms with Gasteiger partial charge in [-0.3, -0.25) is 14.5 Å². The van der Waals surface area contributed by atoms with E-state index < -0.39 is 5.41 Å². The highest BCUT2D eigenvalue weighted by atomic mass is 16.2. The predicted octanol–water partition coefficient (Wildman–Crippen LogP) is 0.925. The first-order valence-electron chi connectivity index (χ1n) is 6.31. The van der Waals surface area contributed by atoms with Gasteiger partial charge in [-0.05, 0) is 18.5 Å². The van der Waals surface area contributed by atoms with Crippen LogP contribution in [0, 0.1) is 5.41 Å². The Bertz CT molecular complexity index is 478. The molecule has 1 atom stereocenters. The van der Waals surface area contributed by atoms with Crippen LogP contribution >= 0.6 is 0 Å². The lowest BCUT2D eigenvalue weighted by molar-refractivity contribution is -0.141. The van der Waals surface area contributed by atoms with Crippen molar-refractivity contribution in [1.29, 1.82) is 0 Å². The number of benzene rings is 1. The lowest BCUT2D eigenvalue weighted by atomic mass is 9.85. The average Bonchev–Trinajstić information content (AvgIpc) is 2.93. The topological polar surface area (TPSA) is 49.4 Å². The van der Waals surface area contributed by atoms with Crippen LogP contribution in [0.1, 0.15) is 18.4 Å². The van der Waals surface area contributed by atoms with Gasteiger partial charge >= 0.3 is 0 Å². The first kappa shape index (κ1) is 11.4. The minimum atomic E-state index is -0.453. The number of imide groups is 1. The van der Waals surface area contributed by atoms with Crippen molar-refractivity contribution < 1.29 is 9.59 Å². The second-order valence-corrected chi connectivity index (χ2v) is 5.15. The summed E-state index contributed by atoms with van der Waals surface area (Å²) in [6, 6.07) is 9.66. The zero-order valence-electron chi connectivity index (χ0n) is 10.2. The summed E-state index contributed by atoms with van der Waals surface area (Å²) >= 11 is 0. The van der Waals surface area contributed by atoms with Gasteiger partial charge < -0.3 is 5.32 Å². The summed E-state index contributed by atoms with van der Waals surface area (Å²) in [7, 11) is 0. The van der Waals surface area contributed by atoms with Crippen molar-refractivity contribution in [3.8, 4) is 0 Å². The van der Waals surface area contributed by atoms with E-state index in [1.807, 2.05) is 30.3 Å². The molecule has 2 fully saturated rings. The van der Waals surface area contributed by atoms with Gasteiger partial charge in [0.25, 0.3) is 0 Å². The van der Waals surface area contributed by atoms with Crippen LogP contribution in [0.5, 0.6) is 0 Å². The molecule has 1 aromatic carbocycles. The van der Waals surface area contributed by atoms with Crippen LogP contribution in [0.2, 0.25) is 0 Å². The molecule has 4 heteroatoms. The van der Waals surface area contributed by atoms with E-state index in [1.165, 1.54) is 4.90 Å². The van der Waals surface area contributed by atoms with Crippen molar-refractivity contribution >= 4 is 11.8 Å². The Labute approximate surface area is 106 Å². The molecule has 0 aliphatic carbocycles. The van der Waals surface area contributed by atoms with Gasteiger partial charge in [-0.2, -0.15) is 0 Å². The molecule has 0 bridgehead atoms. The largest absolute Gasteiger partial charge is 0.316 e. The predicted molar refractivity (Wildman–Crippen MR) is 66.5 cm³/mol. The Hall–Kier alpha value is -1.68. The van der Waals surface area contributed by atoms with Crippen LogP contribution in [0.3, 0.4) is 0 Å². The molecular weight excluding hydrogens is 228 g/mol. The number of hydrogen-bond donors (Lipinski definition) is 1. The van der Waals surface area contributed by atoms with E-state index in [-0.39, 0.29) is 11.8 Å². The van der Waals surface area contributed by atoms with Gasteiger partial charge in [0.05, 0.1) is 12.0 Å². The number of rotatable bonds is 2. The number of likely N-dealkylation sites (tertiary alicyclic amines) is 1. The monoisotopic (exact) mass is 244 g/mol. The number of nitrogens with zero attached hydrogens (tertiary/aromatic N) is 1. The van der Waals surface area contributed by atoms with Crippen LogP contribution in [0.25, 0.3) is 0 Å². The third kappa shape index (κ3) is 1.73. The van der Waals surface area contributed by atoms with E-state index in [9.17, 15) is 9.59 Å². The summed E-state index contributed by atoms with van der Waals surface area (Å²) < 4.78 is 0. The van der Waals surface area contributed by atoms with Crippen molar-refractivity contribution in [3.05, 3.63) is 35.9 Å². The lowest BCUT2D eigenvalue weighted by Gasteiger charge is -2.20. The Morgan fingerprint density at radius 3 is 2.67 bits per heavy atom. The molecular formula is C14H16N2O2. The number of hydrogen-bond acceptors (Lipinski definition) is 3. The van der Waals surface area contributed by atoms with Crippen molar-refractivity contribution in [2.45, 2.75) is 19.4 Å². The van der Waals surface area contributed by atoms with Gasteiger partial charge in [-0.25, -0.2) is 0 Å². The standard InChI is InChI=1S/C14H16N2O2/c17-12-8-14(6-7-15-10-14)13(18)16(12)9-11-4-2-1-3-5-11/h1-5,15H,6-10H2. The molecule has 0 aromatic heterocycles. The quantitative estimate of drug-likeness (QED) is 0.787. The summed E-state index contributed by atoms with van der Waals surface area (Å²) in [6.45, 7) is 1.88. The van der Waals surface area contributed by atoms with Gasteiger partial charge in [-0.15, -0.1) is 0 Å². The van der Waals surface area contributed by atoms with Crippen LogP contribution in [-0.4, -0.2) is 29.8 Å². The molecule has 1 unspecified atom stereocenters. The van der Waals surface area contributed by atoms with Crippen LogP contribution < -0.4 is 5.32 Å². The third-order valence-electron chi connectivity index (χ3n) is 3.92. The summed E-state index contributed by atoms with van der Waals surface area (Å²) in [4.78, 5) is 25.9. The Morgan fingerprint density at radius 2 is 2.00 bits per heavy atom. The molecule has 3 rings (SSSR count). The van der Waals surface area contributed by atoms with E-state index in [1.54, 1.807) is 0 Å². The molecule has 1 aromatic rings. The molecule has 2 amide bonds. The lowest BCUT2D eigenvalue weighted by Crippen LogP contribution is -2.36. The minimum absolute atomic E-state index is 0.00125. The van der Waals surface area contributed by atoms with Crippen LogP contribution in [0.4, 0.5) is 0 Å². The minimum Gasteiger partial charge on any atom is -0.316 e. The molecule has 0 saturated carbocycles. The molecule has 4 nitrogen and oxygen atoms in total. The van der Waals surface area contributed by atoms with E-state index in [0.717, 1.165) is 18.5 Å². The normalized spacial score (nSPS) is 27.4. The summed E-state index contributed by atoms with van der Waals surface area (Å²) in [5.74, 6) is -0.0334. The Balaban J connectivity index is 1.81. The Morgan fingerprint density at radius 1 is 1.22 bits per heavy atom. The second kappa shape index (κ2) is 4.21. The summed E-state index contributed by atoms with van der Waals surface area (Å²) in [5.41, 5.74) is 0.550. The van der Waals surface area contributed by atoms with E-state index in [4.69, 9.17) is 0 Å². The van der Waals surface area contributed by atoms with Gasteiger partial charge in [-0.1, -0.05) is 30.3 Å². The first-order valence-corrected chi connectivity index (χ1v) is 6.31. The average molecular weight is 244 g/mol. The third-order valence-corrected chi connectivity index (χ3v) is 3.92. The molecule has 18 heavy (non-hydrogen) atoms. The number of carbonyl (C=O) groups excluding carboxylic acids is 2. The fraction of sp³-hybridized carbons (Fsp3) is 0.429. The van der Waals surface area contributed by atoms with Crippen molar-refractivity contribution in [3.63, 3.8) is 0 Å². The number of amides is 2. The molecule has 1 spiro atoms. The van der Waals surface area contributed by atoms with Crippen molar-refractivity contribution in [2.24, 2.45) is 5.41 Å². The molecule has 2 aliphatic rings. The van der Waals surface area contributed by atoms with Gasteiger partial charge in [0.2, 0.25) is 11.8 Å². The zero-order valence-corrected chi connectivity index (χ0v) is 10.2. The highest BCUT2D eigenvalue weighted by Crippen LogP contribution is 2.38. The van der Waals surface area contributed by atoms with Crippen LogP contribution in [0.15, 0.2) is 30.3 Å². The number of nitrogens with one attached hydrogen (secondary N) is 1. The first-order chi connectivity index (χ1) is 8.71. The smallest absolute Gasteiger partial charge is 0.237 e. The SMILES string of the molecule is O=C1CC2(CCNC2)C(=O)N1Cc1ccccc1. The van der Waals surface area contributed by atoms with Gasteiger partial charge in [0.15, 0.2) is 0 Å². The molecule has 2 saturated heterocycles. The second-order valence-electron chi connectivity index (χ2n) is 5.15. The molecule has 1 N–H and O–H groups in total. The number of carbonyl (C=O) groups is 2. The van der Waals surface area contributed by atoms with E-state index in [2.05, 4.69) is 5.32 Å². The maximum absolute atomic E-state index is 12.4. The Kier molecular flexibility index (Phi) is 2.67. The van der Waals surface area contributed by atoms with Gasteiger partial charge in [0.1, 0.15) is 0 Å². The highest BCUT2D eigenvalue weighted by Gasteiger charge is 2.52. The molecule has 2 heterocycles. The molecule has 2 aliphatic heterocycles. The van der Waals surface area contributed by atoms with Crippen molar-refractivity contribution in [2.75, 3.05) is 13.1 Å². The molecule has 0 radical (unpaired) electrons. The highest BCUT2D eigenvalue weighted by molar-refractivity contribution is 6.06. The fourth-order valence-corrected chi connectivity index (χ4v) is 2.86. The zero-order chi connectivity index (χ0) is 12.6. The van der Waals surface area contributed by atoms with E-state index >= 15 is 0 Å². The summed E-state index contributed by atoms with van der Waals surface area (Å²) in [5, 5.41) is 3.19. The van der Waals surface area contributed by atoms with Crippen molar-refractivity contribution in [1.82, 2.24) is 10.2 Å². The van der Waals surface area contributed by atoms with Gasteiger partial charge in [0, 0.05) is 13.0 Å². The maximum Gasteiger partial charge on any atom is 0.237 e. The van der Waals surface area contributed by atoms with E-state index in [0.29, 0.717) is 19.5 Å².